The van der Waals surface area contributed by atoms with Crippen LogP contribution in [0.1, 0.15) is 0 Å². The molecule has 7 N–H and O–H groups in total. The molecule has 15 heteroatoms. The third-order valence-corrected chi connectivity index (χ3v) is 4.80. The van der Waals surface area contributed by atoms with Crippen molar-refractivity contribution in [2.45, 2.75) is 0 Å². The SMILES string of the molecule is COc1ccc(Nc2nc(Nc3cc(N(N)/C=N\N)ccc3F)ncc2F)c(NS(C)(=O)=O)c1. The van der Waals surface area contributed by atoms with Crippen molar-refractivity contribution < 1.29 is 21.9 Å². The van der Waals surface area contributed by atoms with E-state index in [4.69, 9.17) is 16.4 Å². The van der Waals surface area contributed by atoms with Crippen LogP contribution in [0.25, 0.3) is 0 Å². The Morgan fingerprint density at radius 1 is 1.09 bits per heavy atom. The third kappa shape index (κ3) is 6.17. The molecule has 0 aliphatic heterocycles. The largest absolute Gasteiger partial charge is 0.497 e. The first-order chi connectivity index (χ1) is 16.1. The molecule has 1 heterocycles. The lowest BCUT2D eigenvalue weighted by Crippen LogP contribution is -2.29. The highest BCUT2D eigenvalue weighted by atomic mass is 32.2. The highest BCUT2D eigenvalue weighted by Gasteiger charge is 2.15. The van der Waals surface area contributed by atoms with Crippen molar-refractivity contribution in [2.75, 3.05) is 33.7 Å². The number of nitrogens with one attached hydrogen (secondary N) is 3. The first kappa shape index (κ1) is 24.4. The number of sulfonamides is 1. The van der Waals surface area contributed by atoms with Gasteiger partial charge in [0.25, 0.3) is 0 Å². The smallest absolute Gasteiger partial charge is 0.229 e. The van der Waals surface area contributed by atoms with Crippen LogP contribution in [0.3, 0.4) is 0 Å². The lowest BCUT2D eigenvalue weighted by Gasteiger charge is -2.16. The van der Waals surface area contributed by atoms with Crippen molar-refractivity contribution in [1.82, 2.24) is 9.97 Å². The van der Waals surface area contributed by atoms with Gasteiger partial charge in [0.15, 0.2) is 11.6 Å². The van der Waals surface area contributed by atoms with E-state index in [0.717, 1.165) is 29.9 Å². The number of anilines is 6. The van der Waals surface area contributed by atoms with Gasteiger partial charge in [0, 0.05) is 6.07 Å². The van der Waals surface area contributed by atoms with E-state index in [1.54, 1.807) is 0 Å². The first-order valence-electron chi connectivity index (χ1n) is 9.39. The molecule has 0 fully saturated rings. The molecule has 1 aromatic heterocycles. The zero-order valence-corrected chi connectivity index (χ0v) is 18.8. The second-order valence-corrected chi connectivity index (χ2v) is 8.51. The molecule has 0 radical (unpaired) electrons. The fourth-order valence-electron chi connectivity index (χ4n) is 2.71. The number of hydrazine groups is 1. The number of ether oxygens (including phenoxy) is 1. The number of hydrogen-bond donors (Lipinski definition) is 5. The summed E-state index contributed by atoms with van der Waals surface area (Å²) in [5, 5.41) is 9.69. The number of methoxy groups -OCH3 is 1. The van der Waals surface area contributed by atoms with Crippen LogP contribution < -0.4 is 36.8 Å². The van der Waals surface area contributed by atoms with Crippen LogP contribution in [-0.2, 0) is 10.0 Å². The van der Waals surface area contributed by atoms with Crippen LogP contribution in [0, 0.1) is 11.6 Å². The van der Waals surface area contributed by atoms with E-state index in [1.165, 1.54) is 37.4 Å². The summed E-state index contributed by atoms with van der Waals surface area (Å²) in [6, 6.07) is 8.29. The first-order valence-corrected chi connectivity index (χ1v) is 11.3. The summed E-state index contributed by atoms with van der Waals surface area (Å²) in [5.74, 6) is 9.22. The zero-order chi connectivity index (χ0) is 24.9. The van der Waals surface area contributed by atoms with Gasteiger partial charge in [-0.25, -0.2) is 28.0 Å². The number of hydrazone groups is 1. The van der Waals surface area contributed by atoms with Gasteiger partial charge in [-0.15, -0.1) is 0 Å². The predicted octanol–water partition coefficient (Wildman–Crippen LogP) is 2.20. The number of aromatic nitrogens is 2. The Morgan fingerprint density at radius 3 is 2.53 bits per heavy atom. The van der Waals surface area contributed by atoms with E-state index in [0.29, 0.717) is 11.4 Å². The average Bonchev–Trinajstić information content (AvgIpc) is 2.77. The van der Waals surface area contributed by atoms with Gasteiger partial charge in [-0.1, -0.05) is 0 Å². The van der Waals surface area contributed by atoms with Crippen molar-refractivity contribution in [1.29, 1.82) is 0 Å². The van der Waals surface area contributed by atoms with Crippen molar-refractivity contribution >= 4 is 50.9 Å². The molecule has 0 aliphatic rings. The molecule has 0 aliphatic carbocycles. The molecule has 180 valence electrons. The highest BCUT2D eigenvalue weighted by Crippen LogP contribution is 2.31. The molecule has 0 spiro atoms. The number of hydrogen-bond acceptors (Lipinski definition) is 10. The van der Waals surface area contributed by atoms with Gasteiger partial charge in [0.1, 0.15) is 17.9 Å². The van der Waals surface area contributed by atoms with E-state index in [9.17, 15) is 17.2 Å². The quantitative estimate of drug-likeness (QED) is 0.129. The van der Waals surface area contributed by atoms with Gasteiger partial charge in [0.05, 0.1) is 42.3 Å². The second kappa shape index (κ2) is 10.1. The van der Waals surface area contributed by atoms with Crippen LogP contribution in [0.2, 0.25) is 0 Å². The Balaban J connectivity index is 1.92. The van der Waals surface area contributed by atoms with Crippen molar-refractivity contribution in [3.8, 4) is 5.75 Å². The molecular weight excluding hydrogens is 472 g/mol. The Labute approximate surface area is 193 Å². The summed E-state index contributed by atoms with van der Waals surface area (Å²) >= 11 is 0. The lowest BCUT2D eigenvalue weighted by atomic mass is 10.2. The van der Waals surface area contributed by atoms with E-state index >= 15 is 0 Å². The van der Waals surface area contributed by atoms with E-state index in [2.05, 4.69) is 30.4 Å². The number of benzene rings is 2. The lowest BCUT2D eigenvalue weighted by molar-refractivity contribution is 0.415. The summed E-state index contributed by atoms with van der Waals surface area (Å²) in [5.41, 5.74) is 0.564. The van der Waals surface area contributed by atoms with Crippen LogP contribution in [0.15, 0.2) is 47.7 Å². The molecular formula is C19H21F2N9O3S. The Bertz CT molecular complexity index is 1320. The monoisotopic (exact) mass is 493 g/mol. The maximum absolute atomic E-state index is 14.4. The Kier molecular flexibility index (Phi) is 7.28. The second-order valence-electron chi connectivity index (χ2n) is 6.76. The van der Waals surface area contributed by atoms with Gasteiger partial charge in [-0.3, -0.25) is 9.73 Å². The number of nitrogens with two attached hydrogens (primary N) is 2. The highest BCUT2D eigenvalue weighted by molar-refractivity contribution is 7.92. The molecule has 3 rings (SSSR count). The average molecular weight is 494 g/mol. The minimum atomic E-state index is -3.65. The summed E-state index contributed by atoms with van der Waals surface area (Å²) in [7, 11) is -2.24. The predicted molar refractivity (Wildman–Crippen MR) is 126 cm³/mol. The molecule has 12 nitrogen and oxygen atoms in total. The third-order valence-electron chi connectivity index (χ3n) is 4.20. The van der Waals surface area contributed by atoms with Crippen molar-refractivity contribution in [2.24, 2.45) is 16.8 Å². The normalized spacial score (nSPS) is 11.3. The Morgan fingerprint density at radius 2 is 1.85 bits per heavy atom. The van der Waals surface area contributed by atoms with Crippen LogP contribution >= 0.6 is 0 Å². The molecule has 0 unspecified atom stereocenters. The van der Waals surface area contributed by atoms with E-state index in [-0.39, 0.29) is 28.8 Å². The number of halogens is 2. The standard InChI is InChI=1S/C19H21F2N9O3S/c1-33-12-4-6-15(17(8-12)29-34(2,31)32)26-18-14(21)9-24-19(28-18)27-16-7-11(3-5-13(16)20)30(23)10-25-22/h3-10,29H,22-23H2,1-2H3,(H2,24,26,27,28)/b25-10-. The maximum atomic E-state index is 14.4. The summed E-state index contributed by atoms with van der Waals surface area (Å²) in [6.45, 7) is 0. The molecule has 0 amide bonds. The van der Waals surface area contributed by atoms with Gasteiger partial charge in [-0.05, 0) is 30.3 Å². The van der Waals surface area contributed by atoms with Crippen LogP contribution in [-0.4, -0.2) is 38.1 Å². The van der Waals surface area contributed by atoms with Gasteiger partial charge in [0.2, 0.25) is 16.0 Å². The maximum Gasteiger partial charge on any atom is 0.229 e. The topological polar surface area (TPSA) is 173 Å². The van der Waals surface area contributed by atoms with Crippen molar-refractivity contribution in [3.05, 3.63) is 54.2 Å². The summed E-state index contributed by atoms with van der Waals surface area (Å²) < 4.78 is 59.6. The minimum Gasteiger partial charge on any atom is -0.497 e. The number of nitrogens with zero attached hydrogens (tertiary/aromatic N) is 4. The Hall–Kier alpha value is -4.24. The molecule has 0 saturated carbocycles. The number of rotatable bonds is 9. The van der Waals surface area contributed by atoms with Gasteiger partial charge < -0.3 is 21.2 Å². The molecule has 0 atom stereocenters. The van der Waals surface area contributed by atoms with E-state index < -0.39 is 21.7 Å². The molecule has 2 aromatic carbocycles. The van der Waals surface area contributed by atoms with E-state index in [1.807, 2.05) is 0 Å². The van der Waals surface area contributed by atoms with Gasteiger partial charge >= 0.3 is 0 Å². The molecule has 0 saturated heterocycles. The molecule has 34 heavy (non-hydrogen) atoms. The van der Waals surface area contributed by atoms with Crippen LogP contribution in [0.4, 0.5) is 43.3 Å². The van der Waals surface area contributed by atoms with Gasteiger partial charge in [-0.2, -0.15) is 10.1 Å². The molecule has 0 bridgehead atoms. The van der Waals surface area contributed by atoms with Crippen LogP contribution in [0.5, 0.6) is 5.75 Å². The zero-order valence-electron chi connectivity index (χ0n) is 18.0. The minimum absolute atomic E-state index is 0.0557. The summed E-state index contributed by atoms with van der Waals surface area (Å²) in [4.78, 5) is 7.83. The molecule has 3 aromatic rings. The summed E-state index contributed by atoms with van der Waals surface area (Å²) in [6.07, 6.45) is 2.95. The fourth-order valence-corrected chi connectivity index (χ4v) is 3.28. The van der Waals surface area contributed by atoms with Crippen molar-refractivity contribution in [3.63, 3.8) is 0 Å². The fraction of sp³-hybridized carbons (Fsp3) is 0.105.